The number of aliphatic carboxylic acids is 1. The first-order valence-corrected chi connectivity index (χ1v) is 5.78. The minimum Gasteiger partial charge on any atom is -0.480 e. The van der Waals surface area contributed by atoms with Crippen molar-refractivity contribution in [3.63, 3.8) is 0 Å². The number of carbonyl (C=O) groups is 2. The molecule has 0 spiro atoms. The van der Waals surface area contributed by atoms with Gasteiger partial charge in [0, 0.05) is 13.0 Å². The zero-order valence-corrected chi connectivity index (χ0v) is 10.3. The Morgan fingerprint density at radius 1 is 1.14 bits per heavy atom. The second kappa shape index (κ2) is 5.32. The molecule has 1 aliphatic rings. The highest BCUT2D eigenvalue weighted by atomic mass is 19.2. The molecule has 2 rings (SSSR count). The fourth-order valence-electron chi connectivity index (χ4n) is 2.16. The van der Waals surface area contributed by atoms with Crippen LogP contribution >= 0.6 is 0 Å². The van der Waals surface area contributed by atoms with Gasteiger partial charge in [-0.3, -0.25) is 4.79 Å². The number of carboxylic acids is 1. The number of benzene rings is 1. The van der Waals surface area contributed by atoms with E-state index in [2.05, 4.69) is 0 Å². The number of rotatable bonds is 2. The van der Waals surface area contributed by atoms with Gasteiger partial charge in [0.1, 0.15) is 6.04 Å². The first-order chi connectivity index (χ1) is 9.73. The number of hydrogen-bond donors (Lipinski definition) is 2. The van der Waals surface area contributed by atoms with Crippen LogP contribution in [0.2, 0.25) is 0 Å². The summed E-state index contributed by atoms with van der Waals surface area (Å²) >= 11 is 0. The smallest absolute Gasteiger partial charge is 0.326 e. The molecule has 1 amide bonds. The lowest BCUT2D eigenvalue weighted by Gasteiger charge is -2.21. The standard InChI is InChI=1S/C12H9F4NO4/c13-6-2-5(8(14)10(16)9(6)15)11(19)17-3-4(18)1-7(17)12(20)21/h2,4,7,18H,1,3H2,(H,20,21)/t4-,7-/m0/s1. The van der Waals surface area contributed by atoms with Crippen molar-refractivity contribution >= 4 is 11.9 Å². The zero-order chi connectivity index (χ0) is 15.9. The minimum absolute atomic E-state index is 0.152. The van der Waals surface area contributed by atoms with Gasteiger partial charge in [-0.25, -0.2) is 22.4 Å². The summed E-state index contributed by atoms with van der Waals surface area (Å²) in [5.74, 6) is -10.7. The van der Waals surface area contributed by atoms with E-state index in [-0.39, 0.29) is 12.5 Å². The third kappa shape index (κ3) is 2.56. The minimum atomic E-state index is -2.16. The van der Waals surface area contributed by atoms with Crippen LogP contribution in [-0.4, -0.2) is 45.7 Å². The van der Waals surface area contributed by atoms with E-state index in [1.165, 1.54) is 0 Å². The molecular formula is C12H9F4NO4. The third-order valence-corrected chi connectivity index (χ3v) is 3.16. The quantitative estimate of drug-likeness (QED) is 0.483. The molecule has 1 aromatic carbocycles. The van der Waals surface area contributed by atoms with E-state index in [0.717, 1.165) is 0 Å². The van der Waals surface area contributed by atoms with Gasteiger partial charge in [-0.15, -0.1) is 0 Å². The van der Waals surface area contributed by atoms with Gasteiger partial charge in [0.25, 0.3) is 5.91 Å². The number of β-amino-alcohol motifs (C(OH)–C–C–N with tert-alkyl or cyclic N) is 1. The molecule has 0 saturated carbocycles. The summed E-state index contributed by atoms with van der Waals surface area (Å²) in [6.45, 7) is -0.435. The maximum atomic E-state index is 13.5. The van der Waals surface area contributed by atoms with Gasteiger partial charge in [-0.05, 0) is 6.07 Å². The van der Waals surface area contributed by atoms with Crippen molar-refractivity contribution in [2.24, 2.45) is 0 Å². The van der Waals surface area contributed by atoms with E-state index in [4.69, 9.17) is 5.11 Å². The molecule has 21 heavy (non-hydrogen) atoms. The number of halogens is 4. The number of carboxylic acid groups (broad SMARTS) is 1. The molecule has 9 heteroatoms. The van der Waals surface area contributed by atoms with Gasteiger partial charge in [0.2, 0.25) is 0 Å². The van der Waals surface area contributed by atoms with Crippen LogP contribution in [-0.2, 0) is 4.79 Å². The zero-order valence-electron chi connectivity index (χ0n) is 10.3. The number of amides is 1. The lowest BCUT2D eigenvalue weighted by atomic mass is 10.1. The van der Waals surface area contributed by atoms with Crippen molar-refractivity contribution in [1.82, 2.24) is 4.90 Å². The highest BCUT2D eigenvalue weighted by molar-refractivity contribution is 5.97. The van der Waals surface area contributed by atoms with Crippen molar-refractivity contribution < 1.29 is 37.4 Å². The molecule has 0 aliphatic carbocycles. The molecule has 1 saturated heterocycles. The average Bonchev–Trinajstić information content (AvgIpc) is 2.82. The van der Waals surface area contributed by atoms with Gasteiger partial charge in [0.15, 0.2) is 23.3 Å². The molecule has 1 heterocycles. The molecule has 2 N–H and O–H groups in total. The molecule has 114 valence electrons. The van der Waals surface area contributed by atoms with E-state index in [0.29, 0.717) is 4.90 Å². The number of carbonyl (C=O) groups excluding carboxylic acids is 1. The molecular weight excluding hydrogens is 298 g/mol. The SMILES string of the molecule is O=C(O)[C@@H]1C[C@H](O)CN1C(=O)c1cc(F)c(F)c(F)c1F. The second-order valence-corrected chi connectivity index (χ2v) is 4.55. The first-order valence-electron chi connectivity index (χ1n) is 5.78. The summed E-state index contributed by atoms with van der Waals surface area (Å²) < 4.78 is 52.5. The largest absolute Gasteiger partial charge is 0.480 e. The van der Waals surface area contributed by atoms with Crippen molar-refractivity contribution in [2.45, 2.75) is 18.6 Å². The molecule has 0 aromatic heterocycles. The summed E-state index contributed by atoms with van der Waals surface area (Å²) in [6.07, 6.45) is -1.46. The Bertz CT molecular complexity index is 622. The van der Waals surface area contributed by atoms with Crippen LogP contribution in [0.1, 0.15) is 16.8 Å². The number of aliphatic hydroxyl groups excluding tert-OH is 1. The van der Waals surface area contributed by atoms with E-state index < -0.39 is 59.4 Å². The van der Waals surface area contributed by atoms with Gasteiger partial charge in [-0.2, -0.15) is 0 Å². The molecule has 1 fully saturated rings. The van der Waals surface area contributed by atoms with Crippen LogP contribution in [0.3, 0.4) is 0 Å². The van der Waals surface area contributed by atoms with E-state index >= 15 is 0 Å². The summed E-state index contributed by atoms with van der Waals surface area (Å²) in [5, 5.41) is 18.3. The average molecular weight is 307 g/mol. The Balaban J connectivity index is 2.43. The van der Waals surface area contributed by atoms with Gasteiger partial charge >= 0.3 is 5.97 Å². The number of aliphatic hydroxyl groups is 1. The topological polar surface area (TPSA) is 77.8 Å². The summed E-state index contributed by atoms with van der Waals surface area (Å²) in [4.78, 5) is 23.5. The van der Waals surface area contributed by atoms with Crippen LogP contribution in [0, 0.1) is 23.3 Å². The number of likely N-dealkylation sites (tertiary alicyclic amines) is 1. The van der Waals surface area contributed by atoms with Crippen LogP contribution in [0.25, 0.3) is 0 Å². The third-order valence-electron chi connectivity index (χ3n) is 3.16. The van der Waals surface area contributed by atoms with Gasteiger partial charge in [-0.1, -0.05) is 0 Å². The first kappa shape index (κ1) is 15.2. The molecule has 1 aromatic rings. The monoisotopic (exact) mass is 307 g/mol. The molecule has 2 atom stereocenters. The maximum absolute atomic E-state index is 13.5. The second-order valence-electron chi connectivity index (χ2n) is 4.55. The molecule has 0 radical (unpaired) electrons. The lowest BCUT2D eigenvalue weighted by molar-refractivity contribution is -0.141. The highest BCUT2D eigenvalue weighted by Gasteiger charge is 2.40. The fraction of sp³-hybridized carbons (Fsp3) is 0.333. The summed E-state index contributed by atoms with van der Waals surface area (Å²) in [5.41, 5.74) is -1.13. The molecule has 0 unspecified atom stereocenters. The van der Waals surface area contributed by atoms with E-state index in [1.54, 1.807) is 0 Å². The van der Waals surface area contributed by atoms with Crippen molar-refractivity contribution in [1.29, 1.82) is 0 Å². The Hall–Kier alpha value is -2.16. The Kier molecular flexibility index (Phi) is 3.86. The fourth-order valence-corrected chi connectivity index (χ4v) is 2.16. The molecule has 5 nitrogen and oxygen atoms in total. The summed E-state index contributed by atoms with van der Waals surface area (Å²) in [7, 11) is 0. The lowest BCUT2D eigenvalue weighted by Crippen LogP contribution is -2.41. The maximum Gasteiger partial charge on any atom is 0.326 e. The van der Waals surface area contributed by atoms with Crippen molar-refractivity contribution in [2.75, 3.05) is 6.54 Å². The summed E-state index contributed by atoms with van der Waals surface area (Å²) in [6, 6.07) is -1.30. The predicted octanol–water partition coefficient (Wildman–Crippen LogP) is 0.903. The van der Waals surface area contributed by atoms with Crippen LogP contribution in [0.15, 0.2) is 6.07 Å². The van der Waals surface area contributed by atoms with Crippen molar-refractivity contribution in [3.05, 3.63) is 34.9 Å². The van der Waals surface area contributed by atoms with Crippen LogP contribution < -0.4 is 0 Å². The Morgan fingerprint density at radius 2 is 1.76 bits per heavy atom. The number of hydrogen-bond acceptors (Lipinski definition) is 3. The normalized spacial score (nSPS) is 21.7. The highest BCUT2D eigenvalue weighted by Crippen LogP contribution is 2.25. The predicted molar refractivity (Wildman–Crippen MR) is 59.4 cm³/mol. The molecule has 0 bridgehead atoms. The van der Waals surface area contributed by atoms with E-state index in [1.807, 2.05) is 0 Å². The van der Waals surface area contributed by atoms with Crippen LogP contribution in [0.5, 0.6) is 0 Å². The van der Waals surface area contributed by atoms with Crippen molar-refractivity contribution in [3.8, 4) is 0 Å². The van der Waals surface area contributed by atoms with E-state index in [9.17, 15) is 32.3 Å². The Morgan fingerprint density at radius 3 is 2.33 bits per heavy atom. The van der Waals surface area contributed by atoms with Crippen LogP contribution in [0.4, 0.5) is 17.6 Å². The number of nitrogens with zero attached hydrogens (tertiary/aromatic N) is 1. The Labute approximate surface area is 115 Å². The molecule has 1 aliphatic heterocycles. The van der Waals surface area contributed by atoms with Gasteiger partial charge in [0.05, 0.1) is 11.7 Å². The van der Waals surface area contributed by atoms with Gasteiger partial charge < -0.3 is 15.1 Å².